The second kappa shape index (κ2) is 6.90. The molecule has 23 heavy (non-hydrogen) atoms. The highest BCUT2D eigenvalue weighted by atomic mass is 35.5. The number of aromatic nitrogens is 2. The summed E-state index contributed by atoms with van der Waals surface area (Å²) in [6, 6.07) is 7.02. The Kier molecular flexibility index (Phi) is 4.89. The summed E-state index contributed by atoms with van der Waals surface area (Å²) in [7, 11) is -3.49. The fourth-order valence-corrected chi connectivity index (χ4v) is 3.85. The first-order valence-corrected chi connectivity index (χ1v) is 9.42. The van der Waals surface area contributed by atoms with E-state index in [9.17, 15) is 8.42 Å². The minimum atomic E-state index is -3.49. The molecule has 0 aliphatic carbocycles. The molecular formula is C15H18ClN3O3S. The molecular weight excluding hydrogens is 338 g/mol. The first-order chi connectivity index (χ1) is 11.0. The van der Waals surface area contributed by atoms with Gasteiger partial charge in [-0.05, 0) is 30.5 Å². The third-order valence-electron chi connectivity index (χ3n) is 3.71. The Bertz CT molecular complexity index is 753. The molecule has 1 N–H and O–H groups in total. The van der Waals surface area contributed by atoms with Gasteiger partial charge in [0.05, 0.1) is 23.7 Å². The van der Waals surface area contributed by atoms with Gasteiger partial charge in [0.25, 0.3) is 0 Å². The van der Waals surface area contributed by atoms with Gasteiger partial charge in [-0.1, -0.05) is 23.7 Å². The number of ether oxygens (including phenoxy) is 1. The van der Waals surface area contributed by atoms with Crippen LogP contribution in [-0.2, 0) is 20.5 Å². The number of halogens is 1. The van der Waals surface area contributed by atoms with Crippen LogP contribution in [0.2, 0.25) is 5.02 Å². The average molecular weight is 356 g/mol. The molecule has 2 heterocycles. The molecule has 0 unspecified atom stereocenters. The lowest BCUT2D eigenvalue weighted by molar-refractivity contribution is 0.0662. The predicted molar refractivity (Wildman–Crippen MR) is 89.0 cm³/mol. The summed E-state index contributed by atoms with van der Waals surface area (Å²) < 4.78 is 34.2. The molecule has 1 fully saturated rings. The maximum absolute atomic E-state index is 12.2. The summed E-state index contributed by atoms with van der Waals surface area (Å²) in [5.74, 6) is -0.105. The Morgan fingerprint density at radius 3 is 2.65 bits per heavy atom. The van der Waals surface area contributed by atoms with Crippen molar-refractivity contribution in [1.29, 1.82) is 0 Å². The van der Waals surface area contributed by atoms with Crippen molar-refractivity contribution in [3.63, 3.8) is 0 Å². The molecule has 0 atom stereocenters. The largest absolute Gasteiger partial charge is 0.381 e. The number of nitrogens with zero attached hydrogens (tertiary/aromatic N) is 2. The van der Waals surface area contributed by atoms with Crippen LogP contribution in [0.3, 0.4) is 0 Å². The average Bonchev–Trinajstić information content (AvgIpc) is 2.98. The summed E-state index contributed by atoms with van der Waals surface area (Å²) >= 11 is 5.80. The Morgan fingerprint density at radius 1 is 1.26 bits per heavy atom. The van der Waals surface area contributed by atoms with Crippen molar-refractivity contribution in [3.8, 4) is 0 Å². The number of benzene rings is 1. The fourth-order valence-electron chi connectivity index (χ4n) is 2.56. The standard InChI is InChI=1S/C15H18ClN3O3S/c16-13-3-1-12(2-4-13)11-23(20,21)18-14-9-17-19(10-14)15-5-7-22-8-6-15/h1-4,9-10,15,18H,5-8,11H2. The normalized spacial score (nSPS) is 16.4. The monoisotopic (exact) mass is 355 g/mol. The number of anilines is 1. The molecule has 1 saturated heterocycles. The molecule has 1 aliphatic rings. The van der Waals surface area contributed by atoms with E-state index in [-0.39, 0.29) is 11.8 Å². The van der Waals surface area contributed by atoms with Crippen LogP contribution in [0.25, 0.3) is 0 Å². The molecule has 8 heteroatoms. The van der Waals surface area contributed by atoms with E-state index in [0.29, 0.717) is 29.5 Å². The molecule has 3 rings (SSSR count). The first kappa shape index (κ1) is 16.3. The van der Waals surface area contributed by atoms with Gasteiger partial charge in [0.15, 0.2) is 0 Å². The van der Waals surface area contributed by atoms with Crippen LogP contribution < -0.4 is 4.72 Å². The number of nitrogens with one attached hydrogen (secondary N) is 1. The zero-order valence-corrected chi connectivity index (χ0v) is 14.1. The van der Waals surface area contributed by atoms with Crippen LogP contribution in [0, 0.1) is 0 Å². The number of rotatable bonds is 5. The van der Waals surface area contributed by atoms with E-state index < -0.39 is 10.0 Å². The highest BCUT2D eigenvalue weighted by Crippen LogP contribution is 2.22. The van der Waals surface area contributed by atoms with Crippen molar-refractivity contribution in [2.24, 2.45) is 0 Å². The quantitative estimate of drug-likeness (QED) is 0.895. The number of hydrogen-bond acceptors (Lipinski definition) is 4. The highest BCUT2D eigenvalue weighted by molar-refractivity contribution is 7.91. The summed E-state index contributed by atoms with van der Waals surface area (Å²) in [5, 5.41) is 4.84. The molecule has 0 saturated carbocycles. The van der Waals surface area contributed by atoms with Crippen molar-refractivity contribution in [2.45, 2.75) is 24.6 Å². The maximum Gasteiger partial charge on any atom is 0.237 e. The van der Waals surface area contributed by atoms with Crippen LogP contribution in [0.5, 0.6) is 0 Å². The molecule has 2 aromatic rings. The zero-order chi connectivity index (χ0) is 16.3. The summed E-state index contributed by atoms with van der Waals surface area (Å²) in [6.45, 7) is 1.42. The van der Waals surface area contributed by atoms with Gasteiger partial charge in [-0.25, -0.2) is 8.42 Å². The molecule has 1 aliphatic heterocycles. The smallest absolute Gasteiger partial charge is 0.237 e. The molecule has 0 radical (unpaired) electrons. The fraction of sp³-hybridized carbons (Fsp3) is 0.400. The van der Waals surface area contributed by atoms with Crippen LogP contribution in [0.15, 0.2) is 36.7 Å². The second-order valence-corrected chi connectivity index (χ2v) is 7.70. The summed E-state index contributed by atoms with van der Waals surface area (Å²) in [5.41, 5.74) is 1.16. The third-order valence-corrected chi connectivity index (χ3v) is 5.22. The predicted octanol–water partition coefficient (Wildman–Crippen LogP) is 2.83. The van der Waals surface area contributed by atoms with E-state index in [2.05, 4.69) is 9.82 Å². The molecule has 0 amide bonds. The molecule has 0 bridgehead atoms. The first-order valence-electron chi connectivity index (χ1n) is 7.39. The third kappa shape index (κ3) is 4.46. The second-order valence-electron chi connectivity index (χ2n) is 5.54. The van der Waals surface area contributed by atoms with Gasteiger partial charge in [-0.15, -0.1) is 0 Å². The van der Waals surface area contributed by atoms with Gasteiger partial charge in [0, 0.05) is 24.4 Å². The van der Waals surface area contributed by atoms with Gasteiger partial charge >= 0.3 is 0 Å². The van der Waals surface area contributed by atoms with E-state index in [1.54, 1.807) is 30.5 Å². The van der Waals surface area contributed by atoms with E-state index >= 15 is 0 Å². The molecule has 6 nitrogen and oxygen atoms in total. The van der Waals surface area contributed by atoms with E-state index in [1.165, 1.54) is 6.20 Å². The Morgan fingerprint density at radius 2 is 1.96 bits per heavy atom. The molecule has 0 spiro atoms. The topological polar surface area (TPSA) is 73.2 Å². The molecule has 1 aromatic heterocycles. The lowest BCUT2D eigenvalue weighted by Gasteiger charge is -2.22. The van der Waals surface area contributed by atoms with Crippen molar-refractivity contribution >= 4 is 27.3 Å². The van der Waals surface area contributed by atoms with Crippen LogP contribution in [-0.4, -0.2) is 31.4 Å². The van der Waals surface area contributed by atoms with Crippen molar-refractivity contribution in [1.82, 2.24) is 9.78 Å². The van der Waals surface area contributed by atoms with Gasteiger partial charge in [-0.3, -0.25) is 9.40 Å². The Hall–Kier alpha value is -1.57. The van der Waals surface area contributed by atoms with E-state index in [4.69, 9.17) is 16.3 Å². The minimum Gasteiger partial charge on any atom is -0.381 e. The zero-order valence-electron chi connectivity index (χ0n) is 12.5. The Balaban J connectivity index is 1.65. The van der Waals surface area contributed by atoms with Gasteiger partial charge < -0.3 is 4.74 Å². The van der Waals surface area contributed by atoms with Gasteiger partial charge in [0.2, 0.25) is 10.0 Å². The lowest BCUT2D eigenvalue weighted by Crippen LogP contribution is -2.20. The SMILES string of the molecule is O=S(=O)(Cc1ccc(Cl)cc1)Nc1cnn(C2CCOCC2)c1. The summed E-state index contributed by atoms with van der Waals surface area (Å²) in [6.07, 6.45) is 5.04. The van der Waals surface area contributed by atoms with Gasteiger partial charge in [-0.2, -0.15) is 5.10 Å². The lowest BCUT2D eigenvalue weighted by atomic mass is 10.1. The maximum atomic E-state index is 12.2. The van der Waals surface area contributed by atoms with Crippen LogP contribution in [0.4, 0.5) is 5.69 Å². The molecule has 124 valence electrons. The number of hydrogen-bond donors (Lipinski definition) is 1. The Labute approximate surface area is 140 Å². The summed E-state index contributed by atoms with van der Waals surface area (Å²) in [4.78, 5) is 0. The van der Waals surface area contributed by atoms with Crippen molar-refractivity contribution in [2.75, 3.05) is 17.9 Å². The molecule has 1 aromatic carbocycles. The van der Waals surface area contributed by atoms with Crippen molar-refractivity contribution in [3.05, 3.63) is 47.2 Å². The van der Waals surface area contributed by atoms with Crippen molar-refractivity contribution < 1.29 is 13.2 Å². The van der Waals surface area contributed by atoms with Gasteiger partial charge in [0.1, 0.15) is 0 Å². The number of sulfonamides is 1. The van der Waals surface area contributed by atoms with E-state index in [0.717, 1.165) is 12.8 Å². The van der Waals surface area contributed by atoms with Crippen LogP contribution >= 0.6 is 11.6 Å². The van der Waals surface area contributed by atoms with Crippen LogP contribution in [0.1, 0.15) is 24.4 Å². The van der Waals surface area contributed by atoms with E-state index in [1.807, 2.05) is 4.68 Å². The highest BCUT2D eigenvalue weighted by Gasteiger charge is 2.18. The minimum absolute atomic E-state index is 0.105.